The Labute approximate surface area is 125 Å². The summed E-state index contributed by atoms with van der Waals surface area (Å²) in [4.78, 5) is 15.7. The number of piperidine rings is 1. The number of hydrogen-bond donors (Lipinski definition) is 1. The fraction of sp³-hybridized carbons (Fsp3) is 0.562. The molecule has 0 saturated carbocycles. The predicted octanol–water partition coefficient (Wildman–Crippen LogP) is 2.16. The molecule has 0 radical (unpaired) electrons. The van der Waals surface area contributed by atoms with E-state index in [1.807, 2.05) is 11.8 Å². The Morgan fingerprint density at radius 3 is 3.10 bits per heavy atom. The van der Waals surface area contributed by atoms with E-state index in [1.54, 1.807) is 7.05 Å². The lowest BCUT2D eigenvalue weighted by Gasteiger charge is -2.33. The lowest BCUT2D eigenvalue weighted by Crippen LogP contribution is -2.44. The number of nitrogens with one attached hydrogen (secondary N) is 1. The first kappa shape index (κ1) is 14.0. The van der Waals surface area contributed by atoms with Gasteiger partial charge in [0.1, 0.15) is 0 Å². The van der Waals surface area contributed by atoms with E-state index < -0.39 is 0 Å². The minimum absolute atomic E-state index is 0.183. The van der Waals surface area contributed by atoms with Crippen molar-refractivity contribution in [2.75, 3.05) is 26.7 Å². The molecule has 0 bridgehead atoms. The molecule has 2 unspecified atom stereocenters. The van der Waals surface area contributed by atoms with Crippen LogP contribution in [0.1, 0.15) is 18.4 Å². The summed E-state index contributed by atoms with van der Waals surface area (Å²) in [5.74, 6) is 0.389. The summed E-state index contributed by atoms with van der Waals surface area (Å²) in [6.07, 6.45) is 3.35. The van der Waals surface area contributed by atoms with Gasteiger partial charge < -0.3 is 10.2 Å². The standard InChI is InChI=1S/C16H22N2OS/c1-17-16(19)13-6-4-8-18(10-13)11-14-9-12-5-2-3-7-15(12)20-14/h2-3,5,7,13-14H,4,6,8-11H2,1H3,(H,17,19). The van der Waals surface area contributed by atoms with Crippen molar-refractivity contribution in [2.24, 2.45) is 5.92 Å². The van der Waals surface area contributed by atoms with Crippen molar-refractivity contribution in [3.63, 3.8) is 0 Å². The van der Waals surface area contributed by atoms with Gasteiger partial charge in [-0.3, -0.25) is 4.79 Å². The van der Waals surface area contributed by atoms with Crippen molar-refractivity contribution >= 4 is 17.7 Å². The van der Waals surface area contributed by atoms with Gasteiger partial charge in [0.15, 0.2) is 0 Å². The van der Waals surface area contributed by atoms with Crippen molar-refractivity contribution in [3.8, 4) is 0 Å². The molecular weight excluding hydrogens is 268 g/mol. The highest BCUT2D eigenvalue weighted by molar-refractivity contribution is 8.00. The SMILES string of the molecule is CNC(=O)C1CCCN(CC2Cc3ccccc3S2)C1. The number of benzene rings is 1. The molecule has 3 nitrogen and oxygen atoms in total. The zero-order valence-electron chi connectivity index (χ0n) is 12.0. The molecular formula is C16H22N2OS. The fourth-order valence-corrected chi connectivity index (χ4v) is 4.65. The monoisotopic (exact) mass is 290 g/mol. The Kier molecular flexibility index (Phi) is 4.32. The number of carbonyl (C=O) groups is 1. The number of carbonyl (C=O) groups excluding carboxylic acids is 1. The second-order valence-corrected chi connectivity index (χ2v) is 7.11. The lowest BCUT2D eigenvalue weighted by molar-refractivity contribution is -0.126. The average Bonchev–Trinajstić information content (AvgIpc) is 2.88. The van der Waals surface area contributed by atoms with Crippen LogP contribution in [0.2, 0.25) is 0 Å². The topological polar surface area (TPSA) is 32.3 Å². The van der Waals surface area contributed by atoms with Gasteiger partial charge in [-0.25, -0.2) is 0 Å². The molecule has 1 aromatic rings. The van der Waals surface area contributed by atoms with E-state index in [2.05, 4.69) is 34.5 Å². The number of hydrogen-bond acceptors (Lipinski definition) is 3. The molecule has 1 aromatic carbocycles. The minimum atomic E-state index is 0.183. The highest BCUT2D eigenvalue weighted by atomic mass is 32.2. The van der Waals surface area contributed by atoms with Crippen LogP contribution >= 0.6 is 11.8 Å². The molecule has 1 saturated heterocycles. The smallest absolute Gasteiger partial charge is 0.224 e. The highest BCUT2D eigenvalue weighted by Crippen LogP contribution is 2.37. The Morgan fingerprint density at radius 2 is 2.30 bits per heavy atom. The minimum Gasteiger partial charge on any atom is -0.359 e. The number of thioether (sulfide) groups is 1. The molecule has 0 aromatic heterocycles. The Bertz CT molecular complexity index is 466. The molecule has 2 aliphatic heterocycles. The van der Waals surface area contributed by atoms with Crippen LogP contribution in [0.5, 0.6) is 0 Å². The summed E-state index contributed by atoms with van der Waals surface area (Å²) in [5.41, 5.74) is 1.49. The molecule has 3 rings (SSSR count). The van der Waals surface area contributed by atoms with Gasteiger partial charge >= 0.3 is 0 Å². The maximum atomic E-state index is 11.8. The number of likely N-dealkylation sites (tertiary alicyclic amines) is 1. The van der Waals surface area contributed by atoms with Crippen LogP contribution in [0.3, 0.4) is 0 Å². The molecule has 20 heavy (non-hydrogen) atoms. The Balaban J connectivity index is 1.56. The lowest BCUT2D eigenvalue weighted by atomic mass is 9.97. The third-order valence-corrected chi connectivity index (χ3v) is 5.60. The molecule has 1 fully saturated rings. The van der Waals surface area contributed by atoms with E-state index in [0.29, 0.717) is 5.25 Å². The molecule has 2 atom stereocenters. The van der Waals surface area contributed by atoms with E-state index in [1.165, 1.54) is 16.9 Å². The van der Waals surface area contributed by atoms with Crippen LogP contribution < -0.4 is 5.32 Å². The molecule has 4 heteroatoms. The van der Waals surface area contributed by atoms with Crippen LogP contribution in [-0.2, 0) is 11.2 Å². The molecule has 108 valence electrons. The molecule has 2 aliphatic rings. The predicted molar refractivity (Wildman–Crippen MR) is 83.0 cm³/mol. The van der Waals surface area contributed by atoms with Gasteiger partial charge in [-0.1, -0.05) is 18.2 Å². The van der Waals surface area contributed by atoms with Gasteiger partial charge in [0, 0.05) is 30.3 Å². The average molecular weight is 290 g/mol. The summed E-state index contributed by atoms with van der Waals surface area (Å²) >= 11 is 2.00. The number of rotatable bonds is 3. The number of amides is 1. The third kappa shape index (κ3) is 3.01. The molecule has 0 spiro atoms. The Hall–Kier alpha value is -1.00. The summed E-state index contributed by atoms with van der Waals surface area (Å²) < 4.78 is 0. The quantitative estimate of drug-likeness (QED) is 0.926. The van der Waals surface area contributed by atoms with Gasteiger partial charge in [0.2, 0.25) is 5.91 Å². The summed E-state index contributed by atoms with van der Waals surface area (Å²) in [7, 11) is 1.74. The van der Waals surface area contributed by atoms with Crippen molar-refractivity contribution in [3.05, 3.63) is 29.8 Å². The van der Waals surface area contributed by atoms with Crippen LogP contribution in [0.15, 0.2) is 29.2 Å². The van der Waals surface area contributed by atoms with Crippen molar-refractivity contribution in [1.82, 2.24) is 10.2 Å². The van der Waals surface area contributed by atoms with Crippen LogP contribution in [-0.4, -0.2) is 42.7 Å². The van der Waals surface area contributed by atoms with Gasteiger partial charge in [0.25, 0.3) is 0 Å². The summed E-state index contributed by atoms with van der Waals surface area (Å²) in [5, 5.41) is 3.44. The molecule has 0 aliphatic carbocycles. The zero-order chi connectivity index (χ0) is 13.9. The van der Waals surface area contributed by atoms with E-state index >= 15 is 0 Å². The van der Waals surface area contributed by atoms with Gasteiger partial charge in [-0.05, 0) is 37.4 Å². The second kappa shape index (κ2) is 6.19. The normalized spacial score (nSPS) is 26.2. The van der Waals surface area contributed by atoms with Crippen molar-refractivity contribution < 1.29 is 4.79 Å². The van der Waals surface area contributed by atoms with E-state index in [-0.39, 0.29) is 11.8 Å². The molecule has 2 heterocycles. The first-order chi connectivity index (χ1) is 9.76. The second-order valence-electron chi connectivity index (χ2n) is 5.76. The fourth-order valence-electron chi connectivity index (χ4n) is 3.28. The zero-order valence-corrected chi connectivity index (χ0v) is 12.8. The van der Waals surface area contributed by atoms with E-state index in [0.717, 1.165) is 32.5 Å². The number of fused-ring (bicyclic) bond motifs is 1. The van der Waals surface area contributed by atoms with Crippen LogP contribution in [0, 0.1) is 5.92 Å². The van der Waals surface area contributed by atoms with Crippen LogP contribution in [0.4, 0.5) is 0 Å². The maximum absolute atomic E-state index is 11.8. The van der Waals surface area contributed by atoms with Crippen molar-refractivity contribution in [2.45, 2.75) is 29.4 Å². The highest BCUT2D eigenvalue weighted by Gasteiger charge is 2.29. The van der Waals surface area contributed by atoms with Crippen LogP contribution in [0.25, 0.3) is 0 Å². The first-order valence-electron chi connectivity index (χ1n) is 7.45. The Morgan fingerprint density at radius 1 is 1.45 bits per heavy atom. The maximum Gasteiger partial charge on any atom is 0.224 e. The summed E-state index contributed by atoms with van der Waals surface area (Å²) in [6.45, 7) is 3.17. The largest absolute Gasteiger partial charge is 0.359 e. The van der Waals surface area contributed by atoms with Gasteiger partial charge in [0.05, 0.1) is 5.92 Å². The third-order valence-electron chi connectivity index (χ3n) is 4.30. The first-order valence-corrected chi connectivity index (χ1v) is 8.32. The molecule has 1 N–H and O–H groups in total. The molecule has 1 amide bonds. The summed E-state index contributed by atoms with van der Waals surface area (Å²) in [6, 6.07) is 8.72. The van der Waals surface area contributed by atoms with E-state index in [4.69, 9.17) is 0 Å². The van der Waals surface area contributed by atoms with E-state index in [9.17, 15) is 4.79 Å². The van der Waals surface area contributed by atoms with Crippen molar-refractivity contribution in [1.29, 1.82) is 0 Å². The van der Waals surface area contributed by atoms with Gasteiger partial charge in [-0.15, -0.1) is 11.8 Å². The number of nitrogens with zero attached hydrogens (tertiary/aromatic N) is 1. The van der Waals surface area contributed by atoms with Gasteiger partial charge in [-0.2, -0.15) is 0 Å².